The molecule has 0 bridgehead atoms. The van der Waals surface area contributed by atoms with Gasteiger partial charge in [0.05, 0.1) is 11.4 Å². The highest BCUT2D eigenvalue weighted by Crippen LogP contribution is 2.22. The summed E-state index contributed by atoms with van der Waals surface area (Å²) in [4.78, 5) is 31.2. The molecule has 1 amide bonds. The van der Waals surface area contributed by atoms with Gasteiger partial charge in [-0.1, -0.05) is 54.9 Å². The number of carbonyl (C=O) groups excluding carboxylic acids is 1. The van der Waals surface area contributed by atoms with Crippen LogP contribution in [-0.2, 0) is 4.79 Å². The minimum Gasteiger partial charge on any atom is -0.353 e. The number of nitrogens with one attached hydrogen (secondary N) is 2. The average molecular weight is 354 g/mol. The van der Waals surface area contributed by atoms with E-state index in [2.05, 4.69) is 15.3 Å². The molecular formula is C18H18N4O2S. The minimum atomic E-state index is -0.491. The van der Waals surface area contributed by atoms with Gasteiger partial charge in [-0.2, -0.15) is 5.26 Å². The van der Waals surface area contributed by atoms with E-state index in [1.807, 2.05) is 24.3 Å². The van der Waals surface area contributed by atoms with Gasteiger partial charge in [-0.05, 0) is 12.8 Å². The minimum absolute atomic E-state index is 0.0223. The number of hydrogen-bond acceptors (Lipinski definition) is 5. The van der Waals surface area contributed by atoms with E-state index in [1.54, 1.807) is 12.1 Å². The molecule has 0 unspecified atom stereocenters. The Morgan fingerprint density at radius 2 is 2.04 bits per heavy atom. The quantitative estimate of drug-likeness (QED) is 0.635. The maximum atomic E-state index is 12.2. The third-order valence-electron chi connectivity index (χ3n) is 4.12. The van der Waals surface area contributed by atoms with Gasteiger partial charge >= 0.3 is 0 Å². The van der Waals surface area contributed by atoms with Crippen LogP contribution in [0.3, 0.4) is 0 Å². The van der Waals surface area contributed by atoms with Crippen LogP contribution in [0.15, 0.2) is 40.3 Å². The lowest BCUT2D eigenvalue weighted by Gasteiger charge is -2.11. The maximum absolute atomic E-state index is 12.2. The fourth-order valence-corrected chi connectivity index (χ4v) is 3.57. The lowest BCUT2D eigenvalue weighted by Crippen LogP contribution is -2.33. The van der Waals surface area contributed by atoms with Gasteiger partial charge in [0, 0.05) is 11.6 Å². The molecule has 2 N–H and O–H groups in total. The van der Waals surface area contributed by atoms with Crippen LogP contribution >= 0.6 is 11.8 Å². The highest BCUT2D eigenvalue weighted by molar-refractivity contribution is 7.99. The van der Waals surface area contributed by atoms with Gasteiger partial charge in [0.15, 0.2) is 5.16 Å². The summed E-state index contributed by atoms with van der Waals surface area (Å²) in [6, 6.07) is 11.3. The third-order valence-corrected chi connectivity index (χ3v) is 4.99. The van der Waals surface area contributed by atoms with E-state index in [4.69, 9.17) is 0 Å². The third kappa shape index (κ3) is 4.28. The number of thioether (sulfide) groups is 1. The number of aromatic amines is 1. The number of carbonyl (C=O) groups is 1. The van der Waals surface area contributed by atoms with Crippen LogP contribution in [0.5, 0.6) is 0 Å². The molecule has 1 aliphatic carbocycles. The number of hydrogen-bond donors (Lipinski definition) is 2. The summed E-state index contributed by atoms with van der Waals surface area (Å²) in [7, 11) is 0. The molecule has 2 aromatic rings. The van der Waals surface area contributed by atoms with Crippen molar-refractivity contribution < 1.29 is 4.79 Å². The van der Waals surface area contributed by atoms with Crippen molar-refractivity contribution in [2.24, 2.45) is 0 Å². The molecule has 0 radical (unpaired) electrons. The van der Waals surface area contributed by atoms with Gasteiger partial charge in [0.25, 0.3) is 5.56 Å². The summed E-state index contributed by atoms with van der Waals surface area (Å²) < 4.78 is 0. The average Bonchev–Trinajstić information content (AvgIpc) is 3.13. The van der Waals surface area contributed by atoms with Crippen LogP contribution in [0.4, 0.5) is 0 Å². The summed E-state index contributed by atoms with van der Waals surface area (Å²) in [6.07, 6.45) is 4.37. The number of aromatic nitrogens is 2. The first-order chi connectivity index (χ1) is 12.2. The van der Waals surface area contributed by atoms with E-state index < -0.39 is 5.56 Å². The van der Waals surface area contributed by atoms with E-state index in [-0.39, 0.29) is 23.3 Å². The topological polar surface area (TPSA) is 98.6 Å². The van der Waals surface area contributed by atoms with Crippen molar-refractivity contribution in [3.8, 4) is 17.3 Å². The Bertz CT molecular complexity index is 852. The highest BCUT2D eigenvalue weighted by atomic mass is 32.2. The molecule has 7 heteroatoms. The molecule has 128 valence electrons. The van der Waals surface area contributed by atoms with E-state index >= 15 is 0 Å². The highest BCUT2D eigenvalue weighted by Gasteiger charge is 2.18. The molecular weight excluding hydrogens is 336 g/mol. The number of nitriles is 1. The van der Waals surface area contributed by atoms with Gasteiger partial charge in [0.1, 0.15) is 11.6 Å². The van der Waals surface area contributed by atoms with Crippen molar-refractivity contribution in [1.82, 2.24) is 15.3 Å². The van der Waals surface area contributed by atoms with Crippen molar-refractivity contribution in [2.75, 3.05) is 5.75 Å². The first-order valence-electron chi connectivity index (χ1n) is 8.19. The standard InChI is InChI=1S/C18H18N4O2S/c19-10-14-16(12-6-2-1-3-7-12)21-18(22-17(14)24)25-11-15(23)20-13-8-4-5-9-13/h1-3,6-7,13H,4-5,8-9,11H2,(H,20,23)(H,21,22,24). The van der Waals surface area contributed by atoms with Gasteiger partial charge in [-0.15, -0.1) is 0 Å². The van der Waals surface area contributed by atoms with E-state index in [9.17, 15) is 14.9 Å². The summed E-state index contributed by atoms with van der Waals surface area (Å²) in [5.41, 5.74) is 0.522. The molecule has 1 aromatic heterocycles. The summed E-state index contributed by atoms with van der Waals surface area (Å²) in [5, 5.41) is 12.6. The molecule has 1 saturated carbocycles. The van der Waals surface area contributed by atoms with Crippen molar-refractivity contribution in [2.45, 2.75) is 36.9 Å². The molecule has 0 aliphatic heterocycles. The maximum Gasteiger partial charge on any atom is 0.270 e. The van der Waals surface area contributed by atoms with Gasteiger partial charge in [-0.3, -0.25) is 9.59 Å². The molecule has 1 fully saturated rings. The Hall–Kier alpha value is -2.59. The molecule has 1 aromatic carbocycles. The number of benzene rings is 1. The van der Waals surface area contributed by atoms with Crippen LogP contribution < -0.4 is 10.9 Å². The zero-order chi connectivity index (χ0) is 17.6. The number of nitrogens with zero attached hydrogens (tertiary/aromatic N) is 2. The van der Waals surface area contributed by atoms with Crippen LogP contribution in [0, 0.1) is 11.3 Å². The van der Waals surface area contributed by atoms with Crippen molar-refractivity contribution in [1.29, 1.82) is 5.26 Å². The SMILES string of the molecule is N#Cc1c(-c2ccccc2)nc(SCC(=O)NC2CCCC2)[nH]c1=O. The number of amides is 1. The van der Waals surface area contributed by atoms with E-state index in [1.165, 1.54) is 11.8 Å². The largest absolute Gasteiger partial charge is 0.353 e. The Morgan fingerprint density at radius 3 is 2.72 bits per heavy atom. The molecule has 25 heavy (non-hydrogen) atoms. The molecule has 1 heterocycles. The Morgan fingerprint density at radius 1 is 1.32 bits per heavy atom. The summed E-state index contributed by atoms with van der Waals surface area (Å²) >= 11 is 1.17. The number of H-pyrrole nitrogens is 1. The van der Waals surface area contributed by atoms with Crippen molar-refractivity contribution in [3.63, 3.8) is 0 Å². The normalized spacial score (nSPS) is 14.2. The van der Waals surface area contributed by atoms with Crippen LogP contribution in [0.2, 0.25) is 0 Å². The molecule has 6 nitrogen and oxygen atoms in total. The first kappa shape index (κ1) is 17.2. The molecule has 1 aliphatic rings. The molecule has 0 saturated heterocycles. The first-order valence-corrected chi connectivity index (χ1v) is 9.18. The molecule has 0 atom stereocenters. The smallest absolute Gasteiger partial charge is 0.270 e. The summed E-state index contributed by atoms with van der Waals surface area (Å²) in [5.74, 6) is 0.115. The van der Waals surface area contributed by atoms with Crippen molar-refractivity contribution in [3.05, 3.63) is 46.2 Å². The lowest BCUT2D eigenvalue weighted by molar-refractivity contribution is -0.119. The Kier molecular flexibility index (Phi) is 5.51. The number of rotatable bonds is 5. The van der Waals surface area contributed by atoms with Gasteiger partial charge in [0.2, 0.25) is 5.91 Å². The van der Waals surface area contributed by atoms with Crippen LogP contribution in [0.1, 0.15) is 31.2 Å². The second kappa shape index (κ2) is 7.99. The summed E-state index contributed by atoms with van der Waals surface area (Å²) in [6.45, 7) is 0. The Labute approximate surface area is 149 Å². The zero-order valence-corrected chi connectivity index (χ0v) is 14.4. The fourth-order valence-electron chi connectivity index (χ4n) is 2.90. The van der Waals surface area contributed by atoms with Crippen molar-refractivity contribution >= 4 is 17.7 Å². The predicted molar refractivity (Wildman–Crippen MR) is 96.1 cm³/mol. The predicted octanol–water partition coefficient (Wildman–Crippen LogP) is 2.46. The second-order valence-electron chi connectivity index (χ2n) is 5.91. The van der Waals surface area contributed by atoms with E-state index in [0.29, 0.717) is 16.4 Å². The molecule has 3 rings (SSSR count). The molecule has 0 spiro atoms. The lowest BCUT2D eigenvalue weighted by atomic mass is 10.1. The van der Waals surface area contributed by atoms with E-state index in [0.717, 1.165) is 25.7 Å². The zero-order valence-electron chi connectivity index (χ0n) is 13.6. The van der Waals surface area contributed by atoms with Crippen LogP contribution in [-0.4, -0.2) is 27.7 Å². The monoisotopic (exact) mass is 354 g/mol. The van der Waals surface area contributed by atoms with Gasteiger partial charge in [-0.25, -0.2) is 4.98 Å². The fraction of sp³-hybridized carbons (Fsp3) is 0.333. The van der Waals surface area contributed by atoms with Gasteiger partial charge < -0.3 is 10.3 Å². The van der Waals surface area contributed by atoms with Crippen LogP contribution in [0.25, 0.3) is 11.3 Å². The Balaban J connectivity index is 1.76. The second-order valence-corrected chi connectivity index (χ2v) is 6.87.